The third-order valence-corrected chi connectivity index (χ3v) is 5.39. The summed E-state index contributed by atoms with van der Waals surface area (Å²) in [5.74, 6) is -0.126. The highest BCUT2D eigenvalue weighted by Gasteiger charge is 2.36. The van der Waals surface area contributed by atoms with E-state index in [2.05, 4.69) is 15.9 Å². The fraction of sp³-hybridized carbons (Fsp3) is 0.300. The van der Waals surface area contributed by atoms with Gasteiger partial charge in [0, 0.05) is 16.6 Å². The molecule has 1 aliphatic rings. The minimum Gasteiger partial charge on any atom is -0.465 e. The molecule has 136 valence electrons. The van der Waals surface area contributed by atoms with Crippen LogP contribution in [0.3, 0.4) is 0 Å². The van der Waals surface area contributed by atoms with Gasteiger partial charge in [-0.2, -0.15) is 0 Å². The maximum atomic E-state index is 13.2. The van der Waals surface area contributed by atoms with Crippen molar-refractivity contribution in [2.45, 2.75) is 33.2 Å². The van der Waals surface area contributed by atoms with Gasteiger partial charge in [-0.15, -0.1) is 0 Å². The fourth-order valence-electron chi connectivity index (χ4n) is 3.32. The van der Waals surface area contributed by atoms with Crippen LogP contribution in [0.5, 0.6) is 0 Å². The van der Waals surface area contributed by atoms with E-state index in [1.807, 2.05) is 45.0 Å². The van der Waals surface area contributed by atoms with Crippen molar-refractivity contribution < 1.29 is 14.7 Å². The van der Waals surface area contributed by atoms with Gasteiger partial charge in [0.15, 0.2) is 0 Å². The molecule has 1 atom stereocenters. The van der Waals surface area contributed by atoms with Crippen molar-refractivity contribution in [2.75, 3.05) is 16.3 Å². The number of hydrogen-bond donors (Lipinski definition) is 1. The van der Waals surface area contributed by atoms with Crippen LogP contribution < -0.4 is 9.80 Å². The molecule has 1 heterocycles. The SMILES string of the molecule is CCC1CN(C(=O)c2cccc(Br)c2)c2cc(C)c(C)cc2N1C(=O)O. The average molecular weight is 417 g/mol. The Morgan fingerprint density at radius 1 is 1.15 bits per heavy atom. The van der Waals surface area contributed by atoms with Crippen LogP contribution in [-0.2, 0) is 0 Å². The predicted octanol–water partition coefficient (Wildman–Crippen LogP) is 4.99. The van der Waals surface area contributed by atoms with Gasteiger partial charge in [0.2, 0.25) is 0 Å². The van der Waals surface area contributed by atoms with E-state index in [9.17, 15) is 14.7 Å². The topological polar surface area (TPSA) is 60.9 Å². The average Bonchev–Trinajstić information content (AvgIpc) is 2.60. The summed E-state index contributed by atoms with van der Waals surface area (Å²) in [5.41, 5.74) is 3.81. The zero-order chi connectivity index (χ0) is 19.0. The number of nitrogens with zero attached hydrogens (tertiary/aromatic N) is 2. The summed E-state index contributed by atoms with van der Waals surface area (Å²) >= 11 is 3.40. The van der Waals surface area contributed by atoms with Gasteiger partial charge in [-0.3, -0.25) is 9.69 Å². The molecule has 1 N–H and O–H groups in total. The molecule has 2 amide bonds. The molecule has 0 saturated carbocycles. The number of carboxylic acid groups (broad SMARTS) is 1. The zero-order valence-corrected chi connectivity index (χ0v) is 16.6. The lowest BCUT2D eigenvalue weighted by molar-refractivity contribution is 0.0982. The highest BCUT2D eigenvalue weighted by Crippen LogP contribution is 2.39. The number of halogens is 1. The van der Waals surface area contributed by atoms with E-state index in [0.29, 0.717) is 29.9 Å². The number of hydrogen-bond acceptors (Lipinski definition) is 2. The highest BCUT2D eigenvalue weighted by atomic mass is 79.9. The van der Waals surface area contributed by atoms with Crippen molar-refractivity contribution in [1.82, 2.24) is 0 Å². The largest absolute Gasteiger partial charge is 0.465 e. The van der Waals surface area contributed by atoms with Crippen LogP contribution in [0.4, 0.5) is 16.2 Å². The fourth-order valence-corrected chi connectivity index (χ4v) is 3.72. The molecule has 1 aliphatic heterocycles. The molecule has 0 spiro atoms. The molecule has 0 saturated heterocycles. The van der Waals surface area contributed by atoms with Gasteiger partial charge in [-0.05, 0) is 61.7 Å². The zero-order valence-electron chi connectivity index (χ0n) is 15.0. The van der Waals surface area contributed by atoms with Gasteiger partial charge < -0.3 is 10.0 Å². The number of aryl methyl sites for hydroxylation is 2. The monoisotopic (exact) mass is 416 g/mol. The third-order valence-electron chi connectivity index (χ3n) is 4.89. The quantitative estimate of drug-likeness (QED) is 0.749. The number of anilines is 2. The molecular formula is C20H21BrN2O3. The number of rotatable bonds is 2. The Morgan fingerprint density at radius 3 is 2.38 bits per heavy atom. The Kier molecular flexibility index (Phi) is 5.05. The Morgan fingerprint density at radius 2 is 1.81 bits per heavy atom. The third kappa shape index (κ3) is 3.21. The van der Waals surface area contributed by atoms with Crippen LogP contribution in [-0.4, -0.2) is 29.7 Å². The van der Waals surface area contributed by atoms with Crippen LogP contribution in [0.1, 0.15) is 34.8 Å². The second-order valence-electron chi connectivity index (χ2n) is 6.57. The first-order valence-electron chi connectivity index (χ1n) is 8.54. The molecule has 2 aromatic rings. The van der Waals surface area contributed by atoms with E-state index < -0.39 is 6.09 Å². The van der Waals surface area contributed by atoms with Crippen LogP contribution in [0, 0.1) is 13.8 Å². The maximum absolute atomic E-state index is 13.2. The van der Waals surface area contributed by atoms with Crippen molar-refractivity contribution in [1.29, 1.82) is 0 Å². The Bertz CT molecular complexity index is 881. The number of carbonyl (C=O) groups is 2. The lowest BCUT2D eigenvalue weighted by atomic mass is 9.99. The number of carbonyl (C=O) groups excluding carboxylic acids is 1. The molecule has 0 aromatic heterocycles. The molecule has 0 bridgehead atoms. The molecule has 0 aliphatic carbocycles. The second-order valence-corrected chi connectivity index (χ2v) is 7.48. The van der Waals surface area contributed by atoms with E-state index in [-0.39, 0.29) is 11.9 Å². The first kappa shape index (κ1) is 18.5. The Balaban J connectivity index is 2.15. The maximum Gasteiger partial charge on any atom is 0.412 e. The van der Waals surface area contributed by atoms with Crippen LogP contribution in [0.2, 0.25) is 0 Å². The van der Waals surface area contributed by atoms with E-state index >= 15 is 0 Å². The summed E-state index contributed by atoms with van der Waals surface area (Å²) in [5, 5.41) is 9.74. The molecular weight excluding hydrogens is 396 g/mol. The Hall–Kier alpha value is -2.34. The van der Waals surface area contributed by atoms with Crippen molar-refractivity contribution in [3.8, 4) is 0 Å². The van der Waals surface area contributed by atoms with E-state index in [4.69, 9.17) is 0 Å². The molecule has 1 unspecified atom stereocenters. The molecule has 0 fully saturated rings. The lowest BCUT2D eigenvalue weighted by Gasteiger charge is -2.41. The van der Waals surface area contributed by atoms with Gasteiger partial charge in [-0.25, -0.2) is 4.79 Å². The summed E-state index contributed by atoms with van der Waals surface area (Å²) < 4.78 is 0.833. The molecule has 26 heavy (non-hydrogen) atoms. The number of benzene rings is 2. The van der Waals surface area contributed by atoms with Crippen molar-refractivity contribution in [3.63, 3.8) is 0 Å². The molecule has 0 radical (unpaired) electrons. The normalized spacial score (nSPS) is 16.4. The van der Waals surface area contributed by atoms with Gasteiger partial charge >= 0.3 is 6.09 Å². The Labute approximate surface area is 161 Å². The lowest BCUT2D eigenvalue weighted by Crippen LogP contribution is -2.52. The van der Waals surface area contributed by atoms with Crippen molar-refractivity contribution >= 4 is 39.3 Å². The molecule has 5 nitrogen and oxygen atoms in total. The highest BCUT2D eigenvalue weighted by molar-refractivity contribution is 9.10. The summed E-state index contributed by atoms with van der Waals surface area (Å²) in [6.07, 6.45) is -0.364. The molecule has 2 aromatic carbocycles. The smallest absolute Gasteiger partial charge is 0.412 e. The van der Waals surface area contributed by atoms with Gasteiger partial charge in [-0.1, -0.05) is 28.9 Å². The summed E-state index contributed by atoms with van der Waals surface area (Å²) in [4.78, 5) is 28.2. The van der Waals surface area contributed by atoms with Crippen molar-refractivity contribution in [2.24, 2.45) is 0 Å². The number of amides is 2. The second kappa shape index (κ2) is 7.11. The molecule has 6 heteroatoms. The van der Waals surface area contributed by atoms with Gasteiger partial charge in [0.05, 0.1) is 17.4 Å². The van der Waals surface area contributed by atoms with Gasteiger partial charge in [0.1, 0.15) is 0 Å². The van der Waals surface area contributed by atoms with Gasteiger partial charge in [0.25, 0.3) is 5.91 Å². The van der Waals surface area contributed by atoms with Crippen LogP contribution in [0.15, 0.2) is 40.9 Å². The summed E-state index contributed by atoms with van der Waals surface area (Å²) in [6, 6.07) is 10.7. The summed E-state index contributed by atoms with van der Waals surface area (Å²) in [7, 11) is 0. The van der Waals surface area contributed by atoms with E-state index in [0.717, 1.165) is 15.6 Å². The minimum atomic E-state index is -0.990. The summed E-state index contributed by atoms with van der Waals surface area (Å²) in [6.45, 7) is 6.19. The predicted molar refractivity (Wildman–Crippen MR) is 106 cm³/mol. The van der Waals surface area contributed by atoms with E-state index in [1.165, 1.54) is 4.90 Å². The first-order valence-corrected chi connectivity index (χ1v) is 9.33. The first-order chi connectivity index (χ1) is 12.3. The standard InChI is InChI=1S/C20H21BrN2O3/c1-4-16-11-22(19(24)14-6-5-7-15(21)10-14)17-8-12(2)13(3)9-18(17)23(16)20(25)26/h5-10,16H,4,11H2,1-3H3,(H,25,26). The van der Waals surface area contributed by atoms with Crippen LogP contribution >= 0.6 is 15.9 Å². The minimum absolute atomic E-state index is 0.126. The molecule has 3 rings (SSSR count). The van der Waals surface area contributed by atoms with Crippen LogP contribution in [0.25, 0.3) is 0 Å². The van der Waals surface area contributed by atoms with E-state index in [1.54, 1.807) is 17.0 Å². The van der Waals surface area contributed by atoms with Crippen molar-refractivity contribution in [3.05, 3.63) is 57.6 Å². The number of fused-ring (bicyclic) bond motifs is 1.